The van der Waals surface area contributed by atoms with Crippen molar-refractivity contribution in [3.8, 4) is 11.4 Å². The van der Waals surface area contributed by atoms with E-state index in [1.54, 1.807) is 4.52 Å². The maximum Gasteiger partial charge on any atom is 0.193 e. The average molecular weight is 469 g/mol. The third kappa shape index (κ3) is 3.30. The van der Waals surface area contributed by atoms with E-state index in [4.69, 9.17) is 10.1 Å². The van der Waals surface area contributed by atoms with Gasteiger partial charge in [0.15, 0.2) is 17.3 Å². The molecule has 0 saturated heterocycles. The van der Waals surface area contributed by atoms with E-state index in [-0.39, 0.29) is 5.78 Å². The Morgan fingerprint density at radius 3 is 2.36 bits per heavy atom. The predicted octanol–water partition coefficient (Wildman–Crippen LogP) is 2.85. The van der Waals surface area contributed by atoms with Crippen LogP contribution in [0.25, 0.3) is 35.0 Å². The van der Waals surface area contributed by atoms with Crippen LogP contribution in [0.1, 0.15) is 21.5 Å². The molecule has 0 spiro atoms. The summed E-state index contributed by atoms with van der Waals surface area (Å²) < 4.78 is 1.78. The second kappa shape index (κ2) is 8.04. The minimum Gasteiger partial charge on any atom is -0.301 e. The van der Waals surface area contributed by atoms with Crippen LogP contribution in [-0.2, 0) is 0 Å². The van der Waals surface area contributed by atoms with Gasteiger partial charge < -0.3 is 5.43 Å². The normalized spacial score (nSPS) is 14.1. The molecule has 0 atom stereocenters. The average Bonchev–Trinajstić information content (AvgIpc) is 3.56. The number of allylic oxidation sites excluding steroid dienone is 1. The van der Waals surface area contributed by atoms with Crippen molar-refractivity contribution in [1.82, 2.24) is 30.6 Å². The van der Waals surface area contributed by atoms with Crippen molar-refractivity contribution < 1.29 is 4.79 Å². The molecule has 5 aromatic rings. The maximum absolute atomic E-state index is 12.8. The van der Waals surface area contributed by atoms with Gasteiger partial charge in [-0.05, 0) is 28.6 Å². The van der Waals surface area contributed by atoms with E-state index in [2.05, 4.69) is 35.4 Å². The number of hydrazine groups is 2. The highest BCUT2D eigenvalue weighted by atomic mass is 16.1. The number of fused-ring (bicyclic) bond motifs is 3. The van der Waals surface area contributed by atoms with E-state index in [0.717, 1.165) is 38.6 Å². The third-order valence-electron chi connectivity index (χ3n) is 6.45. The summed E-state index contributed by atoms with van der Waals surface area (Å²) in [6.07, 6.45) is 6.11. The highest BCUT2D eigenvalue weighted by molar-refractivity contribution is 6.09. The number of carbonyl (C=O) groups is 1. The van der Waals surface area contributed by atoms with Crippen LogP contribution in [0.2, 0.25) is 0 Å². The zero-order valence-corrected chi connectivity index (χ0v) is 19.1. The fourth-order valence-corrected chi connectivity index (χ4v) is 4.61. The molecule has 0 fully saturated rings. The number of benzene rings is 3. The van der Waals surface area contributed by atoms with E-state index >= 15 is 0 Å². The third-order valence-corrected chi connectivity index (χ3v) is 6.45. The van der Waals surface area contributed by atoms with E-state index < -0.39 is 0 Å². The molecule has 2 aliphatic rings. The topological polar surface area (TPSA) is 74.6 Å². The number of hydrogen-bond acceptors (Lipinski definition) is 6. The van der Waals surface area contributed by atoms with Crippen LogP contribution in [0.15, 0.2) is 103 Å². The molecule has 172 valence electrons. The Bertz CT molecular complexity index is 1800. The van der Waals surface area contributed by atoms with Crippen LogP contribution < -0.4 is 21.4 Å². The minimum atomic E-state index is -0.00714. The fraction of sp³-hybridized carbons (Fsp3) is 0. The van der Waals surface area contributed by atoms with Crippen molar-refractivity contribution in [2.24, 2.45) is 0 Å². The van der Waals surface area contributed by atoms with Crippen molar-refractivity contribution in [3.05, 3.63) is 130 Å². The van der Waals surface area contributed by atoms with Gasteiger partial charge in [-0.25, -0.2) is 9.50 Å². The molecule has 0 aliphatic carbocycles. The van der Waals surface area contributed by atoms with Crippen LogP contribution in [0.3, 0.4) is 0 Å². The molecule has 3 aromatic carbocycles. The summed E-state index contributed by atoms with van der Waals surface area (Å²) in [5.41, 5.74) is 12.3. The van der Waals surface area contributed by atoms with Crippen molar-refractivity contribution in [2.75, 3.05) is 0 Å². The molecule has 4 heterocycles. The molecule has 7 nitrogen and oxygen atoms in total. The molecule has 36 heavy (non-hydrogen) atoms. The van der Waals surface area contributed by atoms with Crippen LogP contribution >= 0.6 is 0 Å². The standard InChI is InChI=1S/C29H20N6O/c36-27(19-7-2-1-3-8-19)20-12-14-21(15-13-20)28-30-29-24(11-6-16-34(29)32-28)26-25-17-22-9-4-5-10-23(22)18-35(25)33-31-26/h1-18,31,33H. The number of hydrogen-bond donors (Lipinski definition) is 2. The van der Waals surface area contributed by atoms with E-state index in [9.17, 15) is 4.79 Å². The summed E-state index contributed by atoms with van der Waals surface area (Å²) in [6.45, 7) is 0. The first-order valence-electron chi connectivity index (χ1n) is 11.6. The van der Waals surface area contributed by atoms with Crippen LogP contribution in [-0.4, -0.2) is 25.4 Å². The minimum absolute atomic E-state index is 0.00714. The Labute approximate surface area is 206 Å². The lowest BCUT2D eigenvalue weighted by Gasteiger charge is -2.16. The van der Waals surface area contributed by atoms with Crippen molar-refractivity contribution in [1.29, 1.82) is 0 Å². The molecule has 0 bridgehead atoms. The summed E-state index contributed by atoms with van der Waals surface area (Å²) in [5, 5.41) is 8.98. The lowest BCUT2D eigenvalue weighted by Crippen LogP contribution is -2.40. The quantitative estimate of drug-likeness (QED) is 0.395. The van der Waals surface area contributed by atoms with Gasteiger partial charge in [0.1, 0.15) is 0 Å². The first kappa shape index (κ1) is 20.4. The Morgan fingerprint density at radius 1 is 0.778 bits per heavy atom. The summed E-state index contributed by atoms with van der Waals surface area (Å²) in [7, 11) is 0. The van der Waals surface area contributed by atoms with Gasteiger partial charge in [0.2, 0.25) is 0 Å². The number of pyridine rings is 1. The number of nitrogens with zero attached hydrogens (tertiary/aromatic N) is 4. The Balaban J connectivity index is 1.27. The second-order valence-corrected chi connectivity index (χ2v) is 8.67. The largest absolute Gasteiger partial charge is 0.301 e. The number of rotatable bonds is 4. The Morgan fingerprint density at radius 2 is 1.53 bits per heavy atom. The molecule has 0 radical (unpaired) electrons. The van der Waals surface area contributed by atoms with Gasteiger partial charge in [0.05, 0.1) is 11.4 Å². The predicted molar refractivity (Wildman–Crippen MR) is 138 cm³/mol. The van der Waals surface area contributed by atoms with Gasteiger partial charge in [0.25, 0.3) is 0 Å². The summed E-state index contributed by atoms with van der Waals surface area (Å²) in [4.78, 5) is 17.6. The van der Waals surface area contributed by atoms with Crippen LogP contribution in [0.5, 0.6) is 0 Å². The SMILES string of the molecule is O=C(c1ccccc1)c1ccc(-c2nc3c(C4=C5C=c6ccccc6=CN5NN4)cccn3n2)cc1. The number of aromatic nitrogens is 3. The highest BCUT2D eigenvalue weighted by Gasteiger charge is 2.24. The zero-order chi connectivity index (χ0) is 24.1. The van der Waals surface area contributed by atoms with Gasteiger partial charge in [0, 0.05) is 34.7 Å². The van der Waals surface area contributed by atoms with Crippen molar-refractivity contribution in [3.63, 3.8) is 0 Å². The van der Waals surface area contributed by atoms with Gasteiger partial charge >= 0.3 is 0 Å². The summed E-state index contributed by atoms with van der Waals surface area (Å²) in [6, 6.07) is 29.0. The summed E-state index contributed by atoms with van der Waals surface area (Å²) >= 11 is 0. The number of ketones is 1. The van der Waals surface area contributed by atoms with Gasteiger partial charge in [-0.1, -0.05) is 78.9 Å². The molecule has 2 aromatic heterocycles. The molecule has 0 amide bonds. The lowest BCUT2D eigenvalue weighted by atomic mass is 10.0. The Hall–Kier alpha value is -5.01. The first-order valence-corrected chi connectivity index (χ1v) is 11.6. The molecule has 0 saturated carbocycles. The first-order chi connectivity index (χ1) is 17.7. The number of carbonyl (C=O) groups excluding carboxylic acids is 1. The Kier molecular flexibility index (Phi) is 4.55. The van der Waals surface area contributed by atoms with E-state index in [0.29, 0.717) is 17.0 Å². The summed E-state index contributed by atoms with van der Waals surface area (Å²) in [5.74, 6) is 0.589. The molecular weight excluding hydrogens is 448 g/mol. The molecule has 7 heteroatoms. The molecule has 2 aliphatic heterocycles. The zero-order valence-electron chi connectivity index (χ0n) is 19.1. The second-order valence-electron chi connectivity index (χ2n) is 8.67. The maximum atomic E-state index is 12.8. The monoisotopic (exact) mass is 468 g/mol. The van der Waals surface area contributed by atoms with E-state index in [1.165, 1.54) is 0 Å². The lowest BCUT2D eigenvalue weighted by molar-refractivity contribution is 0.103. The van der Waals surface area contributed by atoms with Crippen molar-refractivity contribution >= 4 is 29.4 Å². The fourth-order valence-electron chi connectivity index (χ4n) is 4.61. The van der Waals surface area contributed by atoms with E-state index in [1.807, 2.05) is 90.1 Å². The van der Waals surface area contributed by atoms with Crippen molar-refractivity contribution in [2.45, 2.75) is 0 Å². The molecule has 0 unspecified atom stereocenters. The van der Waals surface area contributed by atoms with Gasteiger partial charge in [-0.15, -0.1) is 10.6 Å². The number of nitrogens with one attached hydrogen (secondary N) is 2. The molecular formula is C29H20N6O. The highest BCUT2D eigenvalue weighted by Crippen LogP contribution is 2.28. The van der Waals surface area contributed by atoms with Gasteiger partial charge in [-0.2, -0.15) is 0 Å². The smallest absolute Gasteiger partial charge is 0.193 e. The van der Waals surface area contributed by atoms with Gasteiger partial charge in [-0.3, -0.25) is 9.80 Å². The molecule has 2 N–H and O–H groups in total. The van der Waals surface area contributed by atoms with Crippen LogP contribution in [0.4, 0.5) is 0 Å². The molecule has 7 rings (SSSR count). The van der Waals surface area contributed by atoms with Crippen LogP contribution in [0, 0.1) is 0 Å².